The molecule has 0 amide bonds. The highest BCUT2D eigenvalue weighted by Crippen LogP contribution is 2.20. The molecule has 0 bridgehead atoms. The number of benzene rings is 1. The van der Waals surface area contributed by atoms with Crippen molar-refractivity contribution in [2.75, 3.05) is 6.54 Å². The van der Waals surface area contributed by atoms with Crippen LogP contribution >= 0.6 is 15.9 Å². The molecule has 2 heteroatoms. The largest absolute Gasteiger partial charge is 0.313 e. The van der Waals surface area contributed by atoms with Crippen molar-refractivity contribution in [1.29, 1.82) is 0 Å². The van der Waals surface area contributed by atoms with Crippen molar-refractivity contribution < 1.29 is 0 Å². The Morgan fingerprint density at radius 2 is 2.15 bits per heavy atom. The number of halogens is 1. The summed E-state index contributed by atoms with van der Waals surface area (Å²) in [5.41, 5.74) is 2.64. The van der Waals surface area contributed by atoms with Gasteiger partial charge in [0.05, 0.1) is 0 Å². The maximum atomic E-state index is 3.59. The molecule has 13 heavy (non-hydrogen) atoms. The van der Waals surface area contributed by atoms with Gasteiger partial charge in [0.1, 0.15) is 0 Å². The van der Waals surface area contributed by atoms with Gasteiger partial charge in [-0.05, 0) is 31.0 Å². The van der Waals surface area contributed by atoms with Crippen LogP contribution in [0.1, 0.15) is 24.5 Å². The van der Waals surface area contributed by atoms with Crippen LogP contribution in [-0.2, 0) is 6.54 Å². The van der Waals surface area contributed by atoms with Crippen LogP contribution in [0.4, 0.5) is 0 Å². The van der Waals surface area contributed by atoms with E-state index in [2.05, 4.69) is 53.3 Å². The van der Waals surface area contributed by atoms with Gasteiger partial charge in [-0.1, -0.05) is 41.1 Å². The predicted octanol–water partition coefficient (Wildman–Crippen LogP) is 3.26. The fourth-order valence-electron chi connectivity index (χ4n) is 1.24. The van der Waals surface area contributed by atoms with Gasteiger partial charge >= 0.3 is 0 Å². The van der Waals surface area contributed by atoms with Crippen molar-refractivity contribution in [3.63, 3.8) is 0 Å². The number of hydrogen-bond acceptors (Lipinski definition) is 1. The summed E-state index contributed by atoms with van der Waals surface area (Å²) in [5, 5.41) is 3.39. The second-order valence-electron chi connectivity index (χ2n) is 3.22. The van der Waals surface area contributed by atoms with Gasteiger partial charge in [-0.2, -0.15) is 0 Å². The van der Waals surface area contributed by atoms with Crippen LogP contribution in [0.2, 0.25) is 0 Å². The fraction of sp³-hybridized carbons (Fsp3) is 0.455. The summed E-state index contributed by atoms with van der Waals surface area (Å²) in [5.74, 6) is 0. The topological polar surface area (TPSA) is 12.0 Å². The summed E-state index contributed by atoms with van der Waals surface area (Å²) in [6.07, 6.45) is 1.18. The van der Waals surface area contributed by atoms with Gasteiger partial charge in [0.2, 0.25) is 0 Å². The Hall–Kier alpha value is -0.340. The van der Waals surface area contributed by atoms with E-state index in [0.29, 0.717) is 0 Å². The van der Waals surface area contributed by atoms with E-state index in [0.717, 1.165) is 13.1 Å². The summed E-state index contributed by atoms with van der Waals surface area (Å²) >= 11 is 3.59. The van der Waals surface area contributed by atoms with Gasteiger partial charge in [-0.3, -0.25) is 0 Å². The minimum absolute atomic E-state index is 0.954. The Bertz CT molecular complexity index is 271. The Labute approximate surface area is 88.7 Å². The first-order valence-electron chi connectivity index (χ1n) is 4.70. The molecule has 1 aromatic carbocycles. The minimum Gasteiger partial charge on any atom is -0.313 e. The van der Waals surface area contributed by atoms with Crippen LogP contribution in [0.3, 0.4) is 0 Å². The lowest BCUT2D eigenvalue weighted by atomic mass is 10.1. The van der Waals surface area contributed by atoms with E-state index >= 15 is 0 Å². The SMILES string of the molecule is CCCNCc1cccc(C)c1Br. The van der Waals surface area contributed by atoms with Crippen LogP contribution in [0.15, 0.2) is 22.7 Å². The van der Waals surface area contributed by atoms with Crippen LogP contribution in [0.5, 0.6) is 0 Å². The van der Waals surface area contributed by atoms with E-state index in [9.17, 15) is 0 Å². The first kappa shape index (κ1) is 10.7. The van der Waals surface area contributed by atoms with E-state index in [1.165, 1.54) is 22.0 Å². The molecule has 0 atom stereocenters. The highest BCUT2D eigenvalue weighted by Gasteiger charge is 2.00. The van der Waals surface area contributed by atoms with Crippen molar-refractivity contribution in [2.24, 2.45) is 0 Å². The Morgan fingerprint density at radius 3 is 2.85 bits per heavy atom. The van der Waals surface area contributed by atoms with Gasteiger partial charge in [0.25, 0.3) is 0 Å². The maximum absolute atomic E-state index is 3.59. The number of aryl methyl sites for hydroxylation is 1. The first-order chi connectivity index (χ1) is 6.25. The fourth-order valence-corrected chi connectivity index (χ4v) is 1.65. The van der Waals surface area contributed by atoms with Crippen molar-refractivity contribution in [1.82, 2.24) is 5.32 Å². The summed E-state index contributed by atoms with van der Waals surface area (Å²) in [7, 11) is 0. The second kappa shape index (κ2) is 5.40. The van der Waals surface area contributed by atoms with Gasteiger partial charge in [-0.25, -0.2) is 0 Å². The average molecular weight is 242 g/mol. The average Bonchev–Trinajstić information content (AvgIpc) is 2.13. The lowest BCUT2D eigenvalue weighted by Gasteiger charge is -2.07. The highest BCUT2D eigenvalue weighted by molar-refractivity contribution is 9.10. The lowest BCUT2D eigenvalue weighted by molar-refractivity contribution is 0.673. The highest BCUT2D eigenvalue weighted by atomic mass is 79.9. The smallest absolute Gasteiger partial charge is 0.0249 e. The zero-order chi connectivity index (χ0) is 9.68. The molecule has 0 saturated heterocycles. The molecule has 0 spiro atoms. The van der Waals surface area contributed by atoms with Crippen LogP contribution in [0, 0.1) is 6.92 Å². The summed E-state index contributed by atoms with van der Waals surface area (Å²) in [4.78, 5) is 0. The molecule has 0 aromatic heterocycles. The van der Waals surface area contributed by atoms with E-state index in [-0.39, 0.29) is 0 Å². The molecule has 0 radical (unpaired) electrons. The summed E-state index contributed by atoms with van der Waals surface area (Å²) in [6, 6.07) is 6.37. The van der Waals surface area contributed by atoms with E-state index < -0.39 is 0 Å². The Kier molecular flexibility index (Phi) is 4.46. The molecule has 1 aromatic rings. The molecular weight excluding hydrogens is 226 g/mol. The molecule has 0 heterocycles. The summed E-state index contributed by atoms with van der Waals surface area (Å²) in [6.45, 7) is 6.34. The first-order valence-corrected chi connectivity index (χ1v) is 5.49. The predicted molar refractivity (Wildman–Crippen MR) is 60.9 cm³/mol. The molecular formula is C11H16BrN. The second-order valence-corrected chi connectivity index (χ2v) is 4.02. The molecule has 0 aliphatic heterocycles. The molecule has 0 aliphatic carbocycles. The van der Waals surface area contributed by atoms with E-state index in [1.54, 1.807) is 0 Å². The van der Waals surface area contributed by atoms with Gasteiger partial charge in [-0.15, -0.1) is 0 Å². The van der Waals surface area contributed by atoms with Gasteiger partial charge < -0.3 is 5.32 Å². The number of rotatable bonds is 4. The third-order valence-corrected chi connectivity index (χ3v) is 3.15. The number of hydrogen-bond donors (Lipinski definition) is 1. The third-order valence-electron chi connectivity index (χ3n) is 2.01. The number of nitrogens with one attached hydrogen (secondary N) is 1. The Morgan fingerprint density at radius 1 is 1.38 bits per heavy atom. The van der Waals surface area contributed by atoms with E-state index in [1.807, 2.05) is 0 Å². The molecule has 0 unspecified atom stereocenters. The third kappa shape index (κ3) is 3.12. The van der Waals surface area contributed by atoms with Gasteiger partial charge in [0.15, 0.2) is 0 Å². The van der Waals surface area contributed by atoms with Crippen molar-refractivity contribution in [2.45, 2.75) is 26.8 Å². The summed E-state index contributed by atoms with van der Waals surface area (Å²) < 4.78 is 1.23. The zero-order valence-corrected chi connectivity index (χ0v) is 9.82. The van der Waals surface area contributed by atoms with E-state index in [4.69, 9.17) is 0 Å². The molecule has 0 saturated carbocycles. The molecule has 1 nitrogen and oxygen atoms in total. The molecule has 0 aliphatic rings. The van der Waals surface area contributed by atoms with Crippen molar-refractivity contribution >= 4 is 15.9 Å². The minimum atomic E-state index is 0.954. The standard InChI is InChI=1S/C11H16BrN/c1-3-7-13-8-10-6-4-5-9(2)11(10)12/h4-6,13H,3,7-8H2,1-2H3. The van der Waals surface area contributed by atoms with Crippen molar-refractivity contribution in [3.8, 4) is 0 Å². The maximum Gasteiger partial charge on any atom is 0.0249 e. The molecule has 1 rings (SSSR count). The van der Waals surface area contributed by atoms with Crippen LogP contribution in [0.25, 0.3) is 0 Å². The zero-order valence-electron chi connectivity index (χ0n) is 8.23. The molecule has 1 N–H and O–H groups in total. The lowest BCUT2D eigenvalue weighted by Crippen LogP contribution is -2.14. The normalized spacial score (nSPS) is 10.4. The quantitative estimate of drug-likeness (QED) is 0.799. The van der Waals surface area contributed by atoms with Crippen molar-refractivity contribution in [3.05, 3.63) is 33.8 Å². The Balaban J connectivity index is 2.61. The van der Waals surface area contributed by atoms with Crippen LogP contribution in [-0.4, -0.2) is 6.54 Å². The van der Waals surface area contributed by atoms with Gasteiger partial charge in [0, 0.05) is 11.0 Å². The molecule has 0 fully saturated rings. The van der Waals surface area contributed by atoms with Crippen LogP contribution < -0.4 is 5.32 Å². The monoisotopic (exact) mass is 241 g/mol. The molecule has 72 valence electrons.